The van der Waals surface area contributed by atoms with Gasteiger partial charge in [0.1, 0.15) is 0 Å². The van der Waals surface area contributed by atoms with Crippen LogP contribution in [0, 0.1) is 17.8 Å². The fraction of sp³-hybridized carbons (Fsp3) is 0.533. The molecule has 2 nitrogen and oxygen atoms in total. The Bertz CT molecular complexity index is 401. The molecule has 2 aliphatic rings. The summed E-state index contributed by atoms with van der Waals surface area (Å²) >= 11 is 0. The molecule has 17 heavy (non-hydrogen) atoms. The third-order valence-corrected chi connectivity index (χ3v) is 3.81. The van der Waals surface area contributed by atoms with Gasteiger partial charge in [0.15, 0.2) is 0 Å². The smallest absolute Gasteiger partial charge is 0.307 e. The lowest BCUT2D eigenvalue weighted by Gasteiger charge is -2.33. The first-order valence-electron chi connectivity index (χ1n) is 6.39. The molecule has 0 aromatic rings. The summed E-state index contributed by atoms with van der Waals surface area (Å²) in [4.78, 5) is 10.7. The van der Waals surface area contributed by atoms with Crippen molar-refractivity contribution in [2.24, 2.45) is 17.8 Å². The Morgan fingerprint density at radius 3 is 2.94 bits per heavy atom. The predicted molar refractivity (Wildman–Crippen MR) is 68.6 cm³/mol. The number of rotatable bonds is 2. The van der Waals surface area contributed by atoms with Crippen molar-refractivity contribution in [3.63, 3.8) is 0 Å². The summed E-state index contributed by atoms with van der Waals surface area (Å²) < 4.78 is 0. The van der Waals surface area contributed by atoms with E-state index in [4.69, 9.17) is 5.11 Å². The van der Waals surface area contributed by atoms with Crippen molar-refractivity contribution < 1.29 is 9.90 Å². The largest absolute Gasteiger partial charge is 0.481 e. The van der Waals surface area contributed by atoms with Crippen molar-refractivity contribution in [2.45, 2.75) is 33.1 Å². The molecule has 0 bridgehead atoms. The number of hydrogen-bond donors (Lipinski definition) is 1. The first kappa shape index (κ1) is 12.2. The van der Waals surface area contributed by atoms with Gasteiger partial charge in [-0.3, -0.25) is 4.79 Å². The minimum absolute atomic E-state index is 0.146. The molecule has 0 saturated carbocycles. The molecule has 0 unspecified atom stereocenters. The van der Waals surface area contributed by atoms with Crippen LogP contribution in [0.5, 0.6) is 0 Å². The third-order valence-electron chi connectivity index (χ3n) is 3.81. The highest BCUT2D eigenvalue weighted by atomic mass is 16.4. The zero-order valence-corrected chi connectivity index (χ0v) is 10.5. The average molecular weight is 232 g/mol. The van der Waals surface area contributed by atoms with E-state index in [0.29, 0.717) is 17.8 Å². The molecular weight excluding hydrogens is 212 g/mol. The standard InChI is InChI=1S/C15H20O2/c1-10-3-6-14-12(9-10)5-4-11(2)13(14)7-8-15(16)17/h4-5,7,9-11,14H,3,6,8H2,1-2H3,(H,16,17)/t10-,11+,14+/m1/s1. The van der Waals surface area contributed by atoms with E-state index in [2.05, 4.69) is 32.1 Å². The molecule has 92 valence electrons. The van der Waals surface area contributed by atoms with Gasteiger partial charge in [-0.15, -0.1) is 0 Å². The van der Waals surface area contributed by atoms with Gasteiger partial charge < -0.3 is 5.11 Å². The van der Waals surface area contributed by atoms with Crippen molar-refractivity contribution in [1.82, 2.24) is 0 Å². The maximum absolute atomic E-state index is 10.7. The van der Waals surface area contributed by atoms with E-state index in [1.165, 1.54) is 17.6 Å². The Kier molecular flexibility index (Phi) is 3.51. The number of carbonyl (C=O) groups is 1. The molecule has 0 aliphatic heterocycles. The van der Waals surface area contributed by atoms with Crippen molar-refractivity contribution in [3.8, 4) is 0 Å². The molecule has 2 heteroatoms. The number of carboxylic acid groups (broad SMARTS) is 1. The number of aliphatic carboxylic acids is 1. The highest BCUT2D eigenvalue weighted by molar-refractivity contribution is 5.69. The van der Waals surface area contributed by atoms with E-state index in [9.17, 15) is 4.79 Å². The van der Waals surface area contributed by atoms with Gasteiger partial charge >= 0.3 is 5.97 Å². The molecule has 0 heterocycles. The van der Waals surface area contributed by atoms with Crippen molar-refractivity contribution >= 4 is 5.97 Å². The second kappa shape index (κ2) is 4.91. The summed E-state index contributed by atoms with van der Waals surface area (Å²) in [6.45, 7) is 4.40. The Morgan fingerprint density at radius 2 is 2.24 bits per heavy atom. The second-order valence-electron chi connectivity index (χ2n) is 5.22. The van der Waals surface area contributed by atoms with Crippen molar-refractivity contribution in [3.05, 3.63) is 35.5 Å². The van der Waals surface area contributed by atoms with Gasteiger partial charge in [0.2, 0.25) is 0 Å². The van der Waals surface area contributed by atoms with Crippen LogP contribution in [-0.2, 0) is 4.79 Å². The van der Waals surface area contributed by atoms with Crippen LogP contribution in [0.2, 0.25) is 0 Å². The van der Waals surface area contributed by atoms with Crippen LogP contribution in [0.4, 0.5) is 0 Å². The van der Waals surface area contributed by atoms with Crippen molar-refractivity contribution in [2.75, 3.05) is 0 Å². The monoisotopic (exact) mass is 232 g/mol. The maximum Gasteiger partial charge on any atom is 0.307 e. The predicted octanol–water partition coefficient (Wildman–Crippen LogP) is 3.57. The SMILES string of the molecule is C[C@H]1C=C2C=C[C@H](C)C(=CCC(=O)O)[C@H]2CC1. The van der Waals surface area contributed by atoms with Gasteiger partial charge in [0.05, 0.1) is 6.42 Å². The van der Waals surface area contributed by atoms with E-state index in [1.807, 2.05) is 6.08 Å². The second-order valence-corrected chi connectivity index (χ2v) is 5.22. The van der Waals surface area contributed by atoms with Gasteiger partial charge in [-0.05, 0) is 30.3 Å². The highest BCUT2D eigenvalue weighted by Gasteiger charge is 2.27. The van der Waals surface area contributed by atoms with Gasteiger partial charge in [0.25, 0.3) is 0 Å². The summed E-state index contributed by atoms with van der Waals surface area (Å²) in [5.74, 6) is 0.754. The number of hydrogen-bond acceptors (Lipinski definition) is 1. The molecule has 2 rings (SSSR count). The summed E-state index contributed by atoms with van der Waals surface area (Å²) in [5, 5.41) is 8.79. The Morgan fingerprint density at radius 1 is 1.47 bits per heavy atom. The fourth-order valence-corrected chi connectivity index (χ4v) is 2.87. The number of allylic oxidation sites excluding steroid dienone is 5. The lowest BCUT2D eigenvalue weighted by Crippen LogP contribution is -2.21. The van der Waals surface area contributed by atoms with E-state index in [0.717, 1.165) is 6.42 Å². The maximum atomic E-state index is 10.7. The summed E-state index contributed by atoms with van der Waals surface area (Å²) in [7, 11) is 0. The number of fused-ring (bicyclic) bond motifs is 1. The van der Waals surface area contributed by atoms with Crippen LogP contribution < -0.4 is 0 Å². The first-order valence-corrected chi connectivity index (χ1v) is 6.39. The highest BCUT2D eigenvalue weighted by Crippen LogP contribution is 2.40. The van der Waals surface area contributed by atoms with Crippen LogP contribution in [0.15, 0.2) is 35.5 Å². The summed E-state index contributed by atoms with van der Waals surface area (Å²) in [6, 6.07) is 0. The van der Waals surface area contributed by atoms with E-state index >= 15 is 0 Å². The van der Waals surface area contributed by atoms with Gasteiger partial charge in [-0.25, -0.2) is 0 Å². The topological polar surface area (TPSA) is 37.3 Å². The quantitative estimate of drug-likeness (QED) is 0.739. The molecule has 2 aliphatic carbocycles. The average Bonchev–Trinajstić information content (AvgIpc) is 2.27. The molecule has 0 fully saturated rings. The first-order chi connectivity index (χ1) is 8.08. The van der Waals surface area contributed by atoms with Crippen LogP contribution >= 0.6 is 0 Å². The Balaban J connectivity index is 2.27. The molecule has 1 N–H and O–H groups in total. The zero-order valence-electron chi connectivity index (χ0n) is 10.5. The van der Waals surface area contributed by atoms with Crippen LogP contribution in [-0.4, -0.2) is 11.1 Å². The van der Waals surface area contributed by atoms with Crippen LogP contribution in [0.3, 0.4) is 0 Å². The lowest BCUT2D eigenvalue weighted by molar-refractivity contribution is -0.136. The van der Waals surface area contributed by atoms with E-state index in [-0.39, 0.29) is 6.42 Å². The van der Waals surface area contributed by atoms with Crippen LogP contribution in [0.25, 0.3) is 0 Å². The minimum Gasteiger partial charge on any atom is -0.481 e. The third kappa shape index (κ3) is 2.68. The molecular formula is C15H20O2. The van der Waals surface area contributed by atoms with E-state index in [1.54, 1.807) is 0 Å². The van der Waals surface area contributed by atoms with Crippen molar-refractivity contribution in [1.29, 1.82) is 0 Å². The molecule has 0 radical (unpaired) electrons. The molecule has 0 aromatic heterocycles. The molecule has 0 saturated heterocycles. The normalized spacial score (nSPS) is 34.4. The van der Waals surface area contributed by atoms with E-state index < -0.39 is 5.97 Å². The molecule has 0 aromatic carbocycles. The number of carboxylic acids is 1. The molecule has 0 spiro atoms. The van der Waals surface area contributed by atoms with Crippen LogP contribution in [0.1, 0.15) is 33.1 Å². The van der Waals surface area contributed by atoms with Gasteiger partial charge in [-0.1, -0.05) is 43.7 Å². The summed E-state index contributed by atoms with van der Waals surface area (Å²) in [6.07, 6.45) is 11.2. The molecule has 3 atom stereocenters. The Labute approximate surface area is 103 Å². The lowest BCUT2D eigenvalue weighted by atomic mass is 9.71. The van der Waals surface area contributed by atoms with Gasteiger partial charge in [0, 0.05) is 5.92 Å². The Hall–Kier alpha value is -1.31. The minimum atomic E-state index is -0.742. The van der Waals surface area contributed by atoms with Gasteiger partial charge in [-0.2, -0.15) is 0 Å². The zero-order chi connectivity index (χ0) is 12.4. The summed E-state index contributed by atoms with van der Waals surface area (Å²) in [5.41, 5.74) is 2.69. The fourth-order valence-electron chi connectivity index (χ4n) is 2.87. The molecule has 0 amide bonds.